The molecule has 5 N–H and O–H groups in total. The first kappa shape index (κ1) is 14.2. The fraction of sp³-hybridized carbons (Fsp3) is 0.133. The number of halogens is 1. The molecule has 0 aromatic heterocycles. The first-order chi connectivity index (χ1) is 9.56. The van der Waals surface area contributed by atoms with E-state index in [2.05, 4.69) is 5.32 Å². The van der Waals surface area contributed by atoms with Crippen molar-refractivity contribution in [3.63, 3.8) is 0 Å². The summed E-state index contributed by atoms with van der Waals surface area (Å²) < 4.78 is 0. The molecule has 0 spiro atoms. The third kappa shape index (κ3) is 3.65. The molecule has 0 aliphatic carbocycles. The summed E-state index contributed by atoms with van der Waals surface area (Å²) in [5.41, 5.74) is 14.0. The molecular weight excluding hydrogens is 274 g/mol. The number of rotatable bonds is 5. The molecule has 0 fully saturated rings. The molecule has 0 heterocycles. The SMILES string of the molecule is NC(=O)c1ccc(NCCc2ccc(N)cc2)c(Cl)c1. The lowest BCUT2D eigenvalue weighted by Gasteiger charge is -2.09. The van der Waals surface area contributed by atoms with E-state index in [4.69, 9.17) is 23.1 Å². The second-order valence-corrected chi connectivity index (χ2v) is 4.88. The third-order valence-electron chi connectivity index (χ3n) is 2.96. The van der Waals surface area contributed by atoms with Crippen LogP contribution in [0.3, 0.4) is 0 Å². The minimum atomic E-state index is -0.486. The number of carbonyl (C=O) groups excluding carboxylic acids is 1. The molecule has 0 unspecified atom stereocenters. The van der Waals surface area contributed by atoms with Crippen molar-refractivity contribution in [2.45, 2.75) is 6.42 Å². The molecule has 4 nitrogen and oxygen atoms in total. The number of nitrogens with two attached hydrogens (primary N) is 2. The van der Waals surface area contributed by atoms with Gasteiger partial charge in [0.15, 0.2) is 0 Å². The van der Waals surface area contributed by atoms with Crippen molar-refractivity contribution in [2.24, 2.45) is 5.73 Å². The van der Waals surface area contributed by atoms with E-state index in [0.717, 1.165) is 24.3 Å². The van der Waals surface area contributed by atoms with Gasteiger partial charge in [-0.25, -0.2) is 0 Å². The van der Waals surface area contributed by atoms with Gasteiger partial charge in [0.25, 0.3) is 0 Å². The van der Waals surface area contributed by atoms with Gasteiger partial charge in [0.2, 0.25) is 5.91 Å². The van der Waals surface area contributed by atoms with E-state index in [1.807, 2.05) is 24.3 Å². The van der Waals surface area contributed by atoms with Gasteiger partial charge < -0.3 is 16.8 Å². The van der Waals surface area contributed by atoms with E-state index >= 15 is 0 Å². The van der Waals surface area contributed by atoms with Gasteiger partial charge in [0, 0.05) is 17.8 Å². The van der Waals surface area contributed by atoms with E-state index in [1.54, 1.807) is 18.2 Å². The molecule has 0 aliphatic rings. The van der Waals surface area contributed by atoms with Crippen molar-refractivity contribution in [3.05, 3.63) is 58.6 Å². The van der Waals surface area contributed by atoms with E-state index in [9.17, 15) is 4.79 Å². The van der Waals surface area contributed by atoms with Crippen molar-refractivity contribution in [2.75, 3.05) is 17.6 Å². The Morgan fingerprint density at radius 1 is 1.15 bits per heavy atom. The normalized spacial score (nSPS) is 10.2. The predicted molar refractivity (Wildman–Crippen MR) is 83.0 cm³/mol. The Morgan fingerprint density at radius 3 is 2.45 bits per heavy atom. The molecule has 1 amide bonds. The average molecular weight is 290 g/mol. The van der Waals surface area contributed by atoms with Crippen LogP contribution in [0.5, 0.6) is 0 Å². The summed E-state index contributed by atoms with van der Waals surface area (Å²) in [4.78, 5) is 11.0. The predicted octanol–water partition coefficient (Wildman–Crippen LogP) is 2.68. The van der Waals surface area contributed by atoms with Crippen molar-refractivity contribution in [1.82, 2.24) is 0 Å². The smallest absolute Gasteiger partial charge is 0.248 e. The molecule has 0 radical (unpaired) electrons. The summed E-state index contributed by atoms with van der Waals surface area (Å²) >= 11 is 6.09. The topological polar surface area (TPSA) is 81.1 Å². The van der Waals surface area contributed by atoms with Crippen LogP contribution in [0.2, 0.25) is 5.02 Å². The summed E-state index contributed by atoms with van der Waals surface area (Å²) in [6, 6.07) is 12.7. The fourth-order valence-corrected chi connectivity index (χ4v) is 2.08. The van der Waals surface area contributed by atoms with Gasteiger partial charge >= 0.3 is 0 Å². The number of nitrogen functional groups attached to an aromatic ring is 1. The van der Waals surface area contributed by atoms with Crippen LogP contribution >= 0.6 is 11.6 Å². The summed E-state index contributed by atoms with van der Waals surface area (Å²) in [7, 11) is 0. The first-order valence-electron chi connectivity index (χ1n) is 6.24. The van der Waals surface area contributed by atoms with Crippen molar-refractivity contribution < 1.29 is 4.79 Å². The fourth-order valence-electron chi connectivity index (χ4n) is 1.84. The van der Waals surface area contributed by atoms with Crippen LogP contribution in [0.1, 0.15) is 15.9 Å². The summed E-state index contributed by atoms with van der Waals surface area (Å²) in [6.07, 6.45) is 0.855. The highest BCUT2D eigenvalue weighted by atomic mass is 35.5. The van der Waals surface area contributed by atoms with Gasteiger partial charge in [0.1, 0.15) is 0 Å². The van der Waals surface area contributed by atoms with Crippen LogP contribution in [0, 0.1) is 0 Å². The molecule has 0 atom stereocenters. The van der Waals surface area contributed by atoms with Gasteiger partial charge in [-0.3, -0.25) is 4.79 Å². The van der Waals surface area contributed by atoms with Crippen LogP contribution in [0.4, 0.5) is 11.4 Å². The second-order valence-electron chi connectivity index (χ2n) is 4.48. The van der Waals surface area contributed by atoms with Crippen LogP contribution in [-0.4, -0.2) is 12.5 Å². The Kier molecular flexibility index (Phi) is 4.48. The number of carbonyl (C=O) groups is 1. The third-order valence-corrected chi connectivity index (χ3v) is 3.28. The first-order valence-corrected chi connectivity index (χ1v) is 6.61. The van der Waals surface area contributed by atoms with Gasteiger partial charge in [-0.15, -0.1) is 0 Å². The molecule has 0 aliphatic heterocycles. The zero-order valence-electron chi connectivity index (χ0n) is 10.9. The molecule has 2 rings (SSSR count). The number of primary amides is 1. The van der Waals surface area contributed by atoms with Gasteiger partial charge in [0.05, 0.1) is 10.7 Å². The monoisotopic (exact) mass is 289 g/mol. The molecule has 0 saturated carbocycles. The summed E-state index contributed by atoms with van der Waals surface area (Å²) in [5, 5.41) is 3.71. The molecule has 0 bridgehead atoms. The Labute approximate surface area is 122 Å². The minimum Gasteiger partial charge on any atom is -0.399 e. The molecule has 5 heteroatoms. The van der Waals surface area contributed by atoms with Crippen LogP contribution < -0.4 is 16.8 Å². The number of benzene rings is 2. The Hall–Kier alpha value is -2.20. The van der Waals surface area contributed by atoms with Gasteiger partial charge in [-0.2, -0.15) is 0 Å². The zero-order chi connectivity index (χ0) is 14.5. The molecule has 0 saturated heterocycles. The highest BCUT2D eigenvalue weighted by Crippen LogP contribution is 2.22. The average Bonchev–Trinajstić information content (AvgIpc) is 2.42. The highest BCUT2D eigenvalue weighted by Gasteiger charge is 2.05. The zero-order valence-corrected chi connectivity index (χ0v) is 11.7. The Balaban J connectivity index is 1.94. The van der Waals surface area contributed by atoms with Crippen molar-refractivity contribution >= 4 is 28.9 Å². The summed E-state index contributed by atoms with van der Waals surface area (Å²) in [6.45, 7) is 0.736. The van der Waals surface area contributed by atoms with Crippen LogP contribution in [0.15, 0.2) is 42.5 Å². The van der Waals surface area contributed by atoms with Crippen LogP contribution in [-0.2, 0) is 6.42 Å². The number of hydrogen-bond donors (Lipinski definition) is 3. The summed E-state index contributed by atoms with van der Waals surface area (Å²) in [5.74, 6) is -0.486. The molecule has 2 aromatic carbocycles. The molecular formula is C15H16ClN3O. The maximum atomic E-state index is 11.0. The quantitative estimate of drug-likeness (QED) is 0.740. The minimum absolute atomic E-state index is 0.402. The molecule has 2 aromatic rings. The number of nitrogens with one attached hydrogen (secondary N) is 1. The molecule has 104 valence electrons. The number of hydrogen-bond acceptors (Lipinski definition) is 3. The van der Waals surface area contributed by atoms with E-state index in [1.165, 1.54) is 5.56 Å². The Morgan fingerprint density at radius 2 is 1.85 bits per heavy atom. The maximum absolute atomic E-state index is 11.0. The lowest BCUT2D eigenvalue weighted by atomic mass is 10.1. The Bertz CT molecular complexity index is 611. The maximum Gasteiger partial charge on any atom is 0.248 e. The van der Waals surface area contributed by atoms with Crippen molar-refractivity contribution in [3.8, 4) is 0 Å². The standard InChI is InChI=1S/C15H16ClN3O/c16-13-9-11(15(18)20)3-6-14(13)19-8-7-10-1-4-12(17)5-2-10/h1-6,9,19H,7-8,17H2,(H2,18,20). The number of amides is 1. The largest absolute Gasteiger partial charge is 0.399 e. The van der Waals surface area contributed by atoms with Gasteiger partial charge in [-0.05, 0) is 42.3 Å². The second kappa shape index (κ2) is 6.30. The van der Waals surface area contributed by atoms with Crippen molar-refractivity contribution in [1.29, 1.82) is 0 Å². The van der Waals surface area contributed by atoms with Crippen LogP contribution in [0.25, 0.3) is 0 Å². The van der Waals surface area contributed by atoms with Gasteiger partial charge in [-0.1, -0.05) is 23.7 Å². The van der Waals surface area contributed by atoms with E-state index in [0.29, 0.717) is 10.6 Å². The lowest BCUT2D eigenvalue weighted by molar-refractivity contribution is 0.100. The van der Waals surface area contributed by atoms with E-state index in [-0.39, 0.29) is 0 Å². The van der Waals surface area contributed by atoms with E-state index < -0.39 is 5.91 Å². The lowest BCUT2D eigenvalue weighted by Crippen LogP contribution is -2.11. The molecule has 20 heavy (non-hydrogen) atoms. The highest BCUT2D eigenvalue weighted by molar-refractivity contribution is 6.33. The number of anilines is 2.